The molecule has 1 heterocycles. The molecular formula is C14H20N2S. The average molecular weight is 248 g/mol. The molecule has 0 aliphatic carbocycles. The van der Waals surface area contributed by atoms with Crippen molar-refractivity contribution in [3.8, 4) is 0 Å². The standard InChI is InChI=1S/C14H20N2S/c1-10-7-16(8-11(10)2)9-12-5-3-4-6-13(12)14(15)17/h3-6,10-11H,7-9H2,1-2H3,(H2,15,17). The molecule has 3 heteroatoms. The van der Waals surface area contributed by atoms with Crippen LogP contribution in [0.5, 0.6) is 0 Å². The van der Waals surface area contributed by atoms with Crippen molar-refractivity contribution in [2.24, 2.45) is 17.6 Å². The Morgan fingerprint density at radius 3 is 2.47 bits per heavy atom. The molecule has 0 radical (unpaired) electrons. The van der Waals surface area contributed by atoms with E-state index in [0.29, 0.717) is 4.99 Å². The first-order valence-electron chi connectivity index (χ1n) is 6.18. The lowest BCUT2D eigenvalue weighted by molar-refractivity contribution is 0.316. The molecule has 2 N–H and O–H groups in total. The second-order valence-corrected chi connectivity index (χ2v) is 5.61. The minimum atomic E-state index is 0.501. The van der Waals surface area contributed by atoms with E-state index in [9.17, 15) is 0 Å². The van der Waals surface area contributed by atoms with E-state index in [1.807, 2.05) is 12.1 Å². The normalized spacial score (nSPS) is 25.1. The van der Waals surface area contributed by atoms with Crippen LogP contribution in [0.15, 0.2) is 24.3 Å². The highest BCUT2D eigenvalue weighted by Gasteiger charge is 2.26. The number of thiocarbonyl (C=S) groups is 1. The summed E-state index contributed by atoms with van der Waals surface area (Å²) in [4.78, 5) is 2.99. The van der Waals surface area contributed by atoms with Gasteiger partial charge in [0.25, 0.3) is 0 Å². The van der Waals surface area contributed by atoms with Crippen LogP contribution < -0.4 is 5.73 Å². The zero-order chi connectivity index (χ0) is 12.4. The summed E-state index contributed by atoms with van der Waals surface area (Å²) in [6.45, 7) is 7.95. The second-order valence-electron chi connectivity index (χ2n) is 5.17. The Balaban J connectivity index is 2.11. The molecule has 0 bridgehead atoms. The molecule has 2 nitrogen and oxygen atoms in total. The molecule has 1 aliphatic heterocycles. The Morgan fingerprint density at radius 2 is 1.88 bits per heavy atom. The Bertz CT molecular complexity index is 406. The molecule has 0 aromatic heterocycles. The van der Waals surface area contributed by atoms with Gasteiger partial charge in [0.15, 0.2) is 0 Å². The summed E-state index contributed by atoms with van der Waals surface area (Å²) >= 11 is 5.10. The molecule has 1 aliphatic rings. The number of rotatable bonds is 3. The summed E-state index contributed by atoms with van der Waals surface area (Å²) in [6.07, 6.45) is 0. The van der Waals surface area contributed by atoms with Crippen LogP contribution in [0.1, 0.15) is 25.0 Å². The van der Waals surface area contributed by atoms with Gasteiger partial charge in [0.05, 0.1) is 0 Å². The predicted molar refractivity (Wildman–Crippen MR) is 75.9 cm³/mol. The summed E-state index contributed by atoms with van der Waals surface area (Å²) in [7, 11) is 0. The Labute approximate surface area is 109 Å². The zero-order valence-electron chi connectivity index (χ0n) is 10.5. The van der Waals surface area contributed by atoms with Crippen LogP contribution in [-0.4, -0.2) is 23.0 Å². The largest absolute Gasteiger partial charge is 0.389 e. The Morgan fingerprint density at radius 1 is 1.29 bits per heavy atom. The van der Waals surface area contributed by atoms with Crippen LogP contribution in [0.25, 0.3) is 0 Å². The minimum absolute atomic E-state index is 0.501. The fourth-order valence-electron chi connectivity index (χ4n) is 2.52. The molecule has 1 saturated heterocycles. The van der Waals surface area contributed by atoms with Crippen molar-refractivity contribution in [3.63, 3.8) is 0 Å². The van der Waals surface area contributed by atoms with Gasteiger partial charge in [0.1, 0.15) is 4.99 Å². The molecule has 2 unspecified atom stereocenters. The fourth-order valence-corrected chi connectivity index (χ4v) is 2.72. The van der Waals surface area contributed by atoms with Crippen molar-refractivity contribution >= 4 is 17.2 Å². The molecule has 0 saturated carbocycles. The van der Waals surface area contributed by atoms with Crippen LogP contribution in [0.4, 0.5) is 0 Å². The van der Waals surface area contributed by atoms with E-state index < -0.39 is 0 Å². The summed E-state index contributed by atoms with van der Waals surface area (Å²) in [6, 6.07) is 8.19. The number of likely N-dealkylation sites (tertiary alicyclic amines) is 1. The van der Waals surface area contributed by atoms with Gasteiger partial charge in [-0.3, -0.25) is 4.90 Å². The highest BCUT2D eigenvalue weighted by molar-refractivity contribution is 7.80. The van der Waals surface area contributed by atoms with Crippen molar-refractivity contribution in [2.75, 3.05) is 13.1 Å². The predicted octanol–water partition coefficient (Wildman–Crippen LogP) is 2.41. The molecule has 2 atom stereocenters. The van der Waals surface area contributed by atoms with Gasteiger partial charge in [-0.25, -0.2) is 0 Å². The number of hydrogen-bond acceptors (Lipinski definition) is 2. The van der Waals surface area contributed by atoms with Gasteiger partial charge in [-0.2, -0.15) is 0 Å². The summed E-state index contributed by atoms with van der Waals surface area (Å²) in [5.74, 6) is 1.57. The van der Waals surface area contributed by atoms with Crippen molar-refractivity contribution in [1.82, 2.24) is 4.90 Å². The summed E-state index contributed by atoms with van der Waals surface area (Å²) in [5.41, 5.74) is 8.03. The highest BCUT2D eigenvalue weighted by Crippen LogP contribution is 2.24. The smallest absolute Gasteiger partial charge is 0.104 e. The van der Waals surface area contributed by atoms with Gasteiger partial charge in [-0.1, -0.05) is 50.3 Å². The summed E-state index contributed by atoms with van der Waals surface area (Å²) in [5, 5.41) is 0. The first kappa shape index (κ1) is 12.5. The molecular weight excluding hydrogens is 228 g/mol. The maximum Gasteiger partial charge on any atom is 0.104 e. The van der Waals surface area contributed by atoms with E-state index in [2.05, 4.69) is 30.9 Å². The molecule has 1 fully saturated rings. The van der Waals surface area contributed by atoms with E-state index >= 15 is 0 Å². The first-order valence-corrected chi connectivity index (χ1v) is 6.59. The molecule has 0 spiro atoms. The highest BCUT2D eigenvalue weighted by atomic mass is 32.1. The lowest BCUT2D eigenvalue weighted by Crippen LogP contribution is -2.22. The van der Waals surface area contributed by atoms with Crippen molar-refractivity contribution < 1.29 is 0 Å². The van der Waals surface area contributed by atoms with Gasteiger partial charge in [-0.05, 0) is 17.4 Å². The topological polar surface area (TPSA) is 29.3 Å². The molecule has 92 valence electrons. The van der Waals surface area contributed by atoms with E-state index in [4.69, 9.17) is 18.0 Å². The third-order valence-corrected chi connectivity index (χ3v) is 3.96. The van der Waals surface area contributed by atoms with E-state index in [-0.39, 0.29) is 0 Å². The lowest BCUT2D eigenvalue weighted by Gasteiger charge is -2.17. The third-order valence-electron chi connectivity index (χ3n) is 3.74. The van der Waals surface area contributed by atoms with Crippen molar-refractivity contribution in [2.45, 2.75) is 20.4 Å². The lowest BCUT2D eigenvalue weighted by atomic mass is 10.0. The van der Waals surface area contributed by atoms with Crippen molar-refractivity contribution in [3.05, 3.63) is 35.4 Å². The number of hydrogen-bond donors (Lipinski definition) is 1. The molecule has 17 heavy (non-hydrogen) atoms. The van der Waals surface area contributed by atoms with Crippen molar-refractivity contribution in [1.29, 1.82) is 0 Å². The van der Waals surface area contributed by atoms with Crippen LogP contribution in [0.3, 0.4) is 0 Å². The molecule has 1 aromatic rings. The molecule has 1 aromatic carbocycles. The van der Waals surface area contributed by atoms with Gasteiger partial charge in [0, 0.05) is 25.2 Å². The van der Waals surface area contributed by atoms with Gasteiger partial charge in [0.2, 0.25) is 0 Å². The maximum atomic E-state index is 5.76. The third kappa shape index (κ3) is 2.85. The van der Waals surface area contributed by atoms with Crippen LogP contribution in [-0.2, 0) is 6.54 Å². The Hall–Kier alpha value is -0.930. The second kappa shape index (κ2) is 5.15. The molecule has 0 amide bonds. The minimum Gasteiger partial charge on any atom is -0.389 e. The van der Waals surface area contributed by atoms with Crippen LogP contribution in [0.2, 0.25) is 0 Å². The van der Waals surface area contributed by atoms with E-state index in [1.165, 1.54) is 18.7 Å². The quantitative estimate of drug-likeness (QED) is 0.833. The van der Waals surface area contributed by atoms with Crippen LogP contribution in [0, 0.1) is 11.8 Å². The monoisotopic (exact) mass is 248 g/mol. The maximum absolute atomic E-state index is 5.76. The van der Waals surface area contributed by atoms with E-state index in [1.54, 1.807) is 0 Å². The number of nitrogens with two attached hydrogens (primary N) is 1. The number of benzene rings is 1. The molecule has 2 rings (SSSR count). The van der Waals surface area contributed by atoms with Crippen LogP contribution >= 0.6 is 12.2 Å². The van der Waals surface area contributed by atoms with E-state index in [0.717, 1.165) is 23.9 Å². The number of nitrogens with zero attached hydrogens (tertiary/aromatic N) is 1. The summed E-state index contributed by atoms with van der Waals surface area (Å²) < 4.78 is 0. The van der Waals surface area contributed by atoms with Gasteiger partial charge in [-0.15, -0.1) is 0 Å². The first-order chi connectivity index (χ1) is 8.08. The average Bonchev–Trinajstić information content (AvgIpc) is 2.58. The Kier molecular flexibility index (Phi) is 3.79. The fraction of sp³-hybridized carbons (Fsp3) is 0.500. The van der Waals surface area contributed by atoms with Gasteiger partial charge < -0.3 is 5.73 Å². The van der Waals surface area contributed by atoms with Gasteiger partial charge >= 0.3 is 0 Å². The zero-order valence-corrected chi connectivity index (χ0v) is 11.3. The SMILES string of the molecule is CC1CN(Cc2ccccc2C(N)=S)CC1C.